The maximum atomic E-state index is 13.7. The van der Waals surface area contributed by atoms with Gasteiger partial charge < -0.3 is 9.26 Å². The van der Waals surface area contributed by atoms with Gasteiger partial charge >= 0.3 is 0 Å². The van der Waals surface area contributed by atoms with E-state index in [4.69, 9.17) is 14.2 Å². The smallest absolute Gasteiger partial charge is 0.263 e. The molecule has 5 rings (SSSR count). The molecule has 10 nitrogen and oxygen atoms in total. The molecule has 0 fully saturated rings. The van der Waals surface area contributed by atoms with Gasteiger partial charge in [0.1, 0.15) is 11.6 Å². The normalized spacial score (nSPS) is 13.4. The highest BCUT2D eigenvalue weighted by molar-refractivity contribution is 7.92. The van der Waals surface area contributed by atoms with E-state index < -0.39 is 10.0 Å². The predicted molar refractivity (Wildman–Crippen MR) is 165 cm³/mol. The van der Waals surface area contributed by atoms with Crippen LogP contribution in [0.5, 0.6) is 0 Å². The lowest BCUT2D eigenvalue weighted by atomic mass is 9.97. The first kappa shape index (κ1) is 30.7. The standard InChI is InChI=1S/C32H39N5O5S/c1-6-8-13-30-33-28-19-36(5)18-27(28)32(38)37(30)17-23-14-15-25(24(16-23)20-41-7-2)26-11-9-10-12-29(26)43(39,40)35-31-21(3)22(4)42-34-31/h9-12,14-16H,6-8,13,17-20H2,1-5H3,(H,34,35). The quantitative estimate of drug-likeness (QED) is 0.234. The Bertz CT molecular complexity index is 1790. The second-order valence-corrected chi connectivity index (χ2v) is 12.7. The number of ether oxygens (including phenoxy) is 1. The fraction of sp³-hybridized carbons (Fsp3) is 0.406. The third kappa shape index (κ3) is 6.43. The average Bonchev–Trinajstić information content (AvgIpc) is 3.52. The van der Waals surface area contributed by atoms with Crippen LogP contribution in [0, 0.1) is 13.8 Å². The van der Waals surface area contributed by atoms with Gasteiger partial charge in [-0.25, -0.2) is 13.4 Å². The van der Waals surface area contributed by atoms with Gasteiger partial charge in [-0.3, -0.25) is 19.0 Å². The maximum Gasteiger partial charge on any atom is 0.263 e. The number of unbranched alkanes of at least 4 members (excludes halogenated alkanes) is 1. The van der Waals surface area contributed by atoms with Crippen molar-refractivity contribution in [3.05, 3.63) is 92.4 Å². The van der Waals surface area contributed by atoms with Gasteiger partial charge in [0.25, 0.3) is 15.6 Å². The van der Waals surface area contributed by atoms with Crippen LogP contribution in [0.4, 0.5) is 5.82 Å². The van der Waals surface area contributed by atoms with E-state index in [1.807, 2.05) is 38.2 Å². The van der Waals surface area contributed by atoms with Crippen LogP contribution >= 0.6 is 0 Å². The van der Waals surface area contributed by atoms with E-state index in [0.717, 1.165) is 53.0 Å². The first-order valence-corrected chi connectivity index (χ1v) is 16.2. The van der Waals surface area contributed by atoms with Crippen molar-refractivity contribution < 1.29 is 17.7 Å². The van der Waals surface area contributed by atoms with Gasteiger partial charge in [-0.2, -0.15) is 0 Å². The Morgan fingerprint density at radius 1 is 1.07 bits per heavy atom. The summed E-state index contributed by atoms with van der Waals surface area (Å²) in [5.74, 6) is 1.51. The summed E-state index contributed by atoms with van der Waals surface area (Å²) in [6, 6.07) is 12.7. The lowest BCUT2D eigenvalue weighted by Gasteiger charge is -2.18. The molecule has 0 amide bonds. The Morgan fingerprint density at radius 2 is 1.86 bits per heavy atom. The van der Waals surface area contributed by atoms with Crippen LogP contribution in [0.1, 0.15) is 66.2 Å². The zero-order valence-corrected chi connectivity index (χ0v) is 26.3. The molecule has 11 heteroatoms. The molecular weight excluding hydrogens is 566 g/mol. The van der Waals surface area contributed by atoms with Gasteiger partial charge in [-0.05, 0) is 57.0 Å². The Kier molecular flexibility index (Phi) is 9.14. The molecule has 0 unspecified atom stereocenters. The summed E-state index contributed by atoms with van der Waals surface area (Å²) in [7, 11) is -2.00. The van der Waals surface area contributed by atoms with Crippen molar-refractivity contribution in [3.63, 3.8) is 0 Å². The van der Waals surface area contributed by atoms with Gasteiger partial charge in [-0.1, -0.05) is 54.9 Å². The van der Waals surface area contributed by atoms with Crippen molar-refractivity contribution in [1.29, 1.82) is 0 Å². The van der Waals surface area contributed by atoms with Gasteiger partial charge in [0, 0.05) is 37.2 Å². The largest absolute Gasteiger partial charge is 0.377 e. The minimum Gasteiger partial charge on any atom is -0.377 e. The number of sulfonamides is 1. The van der Waals surface area contributed by atoms with E-state index in [2.05, 4.69) is 21.7 Å². The van der Waals surface area contributed by atoms with Gasteiger partial charge in [0.2, 0.25) is 0 Å². The van der Waals surface area contributed by atoms with E-state index >= 15 is 0 Å². The highest BCUT2D eigenvalue weighted by Crippen LogP contribution is 2.33. The number of nitrogens with zero attached hydrogens (tertiary/aromatic N) is 4. The molecule has 228 valence electrons. The fourth-order valence-corrected chi connectivity index (χ4v) is 6.67. The zero-order valence-electron chi connectivity index (χ0n) is 25.4. The predicted octanol–water partition coefficient (Wildman–Crippen LogP) is 5.19. The molecule has 1 aliphatic heterocycles. The lowest BCUT2D eigenvalue weighted by molar-refractivity contribution is 0.134. The molecule has 0 saturated heterocycles. The molecule has 3 heterocycles. The third-order valence-electron chi connectivity index (χ3n) is 7.86. The molecule has 0 saturated carbocycles. The van der Waals surface area contributed by atoms with Crippen LogP contribution in [-0.2, 0) is 47.4 Å². The third-order valence-corrected chi connectivity index (χ3v) is 9.25. The Balaban J connectivity index is 1.55. The highest BCUT2D eigenvalue weighted by atomic mass is 32.2. The monoisotopic (exact) mass is 605 g/mol. The lowest BCUT2D eigenvalue weighted by Crippen LogP contribution is -2.29. The summed E-state index contributed by atoms with van der Waals surface area (Å²) in [6.45, 7) is 9.96. The SMILES string of the molecule is CCCCc1nc2c(c(=O)n1Cc1ccc(-c3ccccc3S(=O)(=O)Nc3noc(C)c3C)c(COCC)c1)CN(C)C2. The summed E-state index contributed by atoms with van der Waals surface area (Å²) < 4.78 is 42.6. The molecule has 0 bridgehead atoms. The number of fused-ring (bicyclic) bond motifs is 1. The number of aryl methyl sites for hydroxylation is 2. The van der Waals surface area contributed by atoms with E-state index in [0.29, 0.717) is 43.1 Å². The number of benzene rings is 2. The van der Waals surface area contributed by atoms with Crippen molar-refractivity contribution in [3.8, 4) is 11.1 Å². The highest BCUT2D eigenvalue weighted by Gasteiger charge is 2.25. The van der Waals surface area contributed by atoms with E-state index in [1.54, 1.807) is 36.6 Å². The Labute approximate surface area is 252 Å². The second-order valence-electron chi connectivity index (χ2n) is 11.1. The number of anilines is 1. The van der Waals surface area contributed by atoms with Crippen molar-refractivity contribution in [2.24, 2.45) is 0 Å². The number of hydrogen-bond acceptors (Lipinski definition) is 8. The van der Waals surface area contributed by atoms with Crippen LogP contribution in [0.2, 0.25) is 0 Å². The van der Waals surface area contributed by atoms with Crippen LogP contribution < -0.4 is 10.3 Å². The fourth-order valence-electron chi connectivity index (χ4n) is 5.39. The Hall–Kier alpha value is -3.80. The van der Waals surface area contributed by atoms with Crippen LogP contribution in [-0.4, -0.2) is 41.7 Å². The van der Waals surface area contributed by atoms with Gasteiger partial charge in [0.15, 0.2) is 5.82 Å². The molecule has 0 radical (unpaired) electrons. The minimum atomic E-state index is -4.00. The second kappa shape index (κ2) is 12.8. The molecule has 2 aromatic carbocycles. The molecule has 43 heavy (non-hydrogen) atoms. The van der Waals surface area contributed by atoms with E-state index in [9.17, 15) is 13.2 Å². The van der Waals surface area contributed by atoms with Crippen molar-refractivity contribution in [2.75, 3.05) is 18.4 Å². The molecule has 2 aromatic heterocycles. The topological polar surface area (TPSA) is 120 Å². The molecule has 0 spiro atoms. The first-order valence-electron chi connectivity index (χ1n) is 14.7. The van der Waals surface area contributed by atoms with Crippen LogP contribution in [0.3, 0.4) is 0 Å². The summed E-state index contributed by atoms with van der Waals surface area (Å²) in [5.41, 5.74) is 5.30. The summed E-state index contributed by atoms with van der Waals surface area (Å²) >= 11 is 0. The van der Waals surface area contributed by atoms with Crippen molar-refractivity contribution in [2.45, 2.75) is 78.1 Å². The van der Waals surface area contributed by atoms with Gasteiger partial charge in [-0.15, -0.1) is 0 Å². The van der Waals surface area contributed by atoms with E-state index in [-0.39, 0.29) is 22.9 Å². The zero-order chi connectivity index (χ0) is 30.7. The maximum absolute atomic E-state index is 13.7. The summed E-state index contributed by atoms with van der Waals surface area (Å²) in [6.07, 6.45) is 2.69. The molecular formula is C32H39N5O5S. The Morgan fingerprint density at radius 3 is 2.58 bits per heavy atom. The van der Waals surface area contributed by atoms with Gasteiger partial charge in [0.05, 0.1) is 29.3 Å². The molecule has 1 aliphatic rings. The van der Waals surface area contributed by atoms with Crippen LogP contribution in [0.15, 0.2) is 56.7 Å². The summed E-state index contributed by atoms with van der Waals surface area (Å²) in [4.78, 5) is 20.8. The average molecular weight is 606 g/mol. The minimum absolute atomic E-state index is 0.0109. The molecule has 4 aromatic rings. The van der Waals surface area contributed by atoms with Crippen LogP contribution in [0.25, 0.3) is 11.1 Å². The molecule has 0 aliphatic carbocycles. The molecule has 0 atom stereocenters. The number of hydrogen-bond donors (Lipinski definition) is 1. The van der Waals surface area contributed by atoms with Crippen molar-refractivity contribution >= 4 is 15.8 Å². The number of nitrogens with one attached hydrogen (secondary N) is 1. The number of aromatic nitrogens is 3. The number of rotatable bonds is 12. The van der Waals surface area contributed by atoms with Crippen molar-refractivity contribution in [1.82, 2.24) is 19.6 Å². The first-order chi connectivity index (χ1) is 20.6. The van der Waals surface area contributed by atoms with E-state index in [1.165, 1.54) is 0 Å². The summed E-state index contributed by atoms with van der Waals surface area (Å²) in [5, 5.41) is 3.88. The molecule has 1 N–H and O–H groups in total.